The number of carbonyl (C=O) groups is 1. The van der Waals surface area contributed by atoms with Crippen molar-refractivity contribution in [3.8, 4) is 0 Å². The molecule has 0 heterocycles. The Morgan fingerprint density at radius 3 is 2.12 bits per heavy atom. The van der Waals surface area contributed by atoms with Crippen molar-refractivity contribution in [2.24, 2.45) is 0 Å². The van der Waals surface area contributed by atoms with Gasteiger partial charge in [0.05, 0.1) is 0 Å². The molecule has 25 heavy (non-hydrogen) atoms. The Labute approximate surface area is 148 Å². The SMILES string of the molecule is CC(C)(C)OC(=O)O[C@H](c1ccccc1)c1ccc2ccccc2c1. The van der Waals surface area contributed by atoms with Gasteiger partial charge >= 0.3 is 6.16 Å². The van der Waals surface area contributed by atoms with Gasteiger partial charge in [-0.05, 0) is 48.7 Å². The summed E-state index contributed by atoms with van der Waals surface area (Å²) in [7, 11) is 0. The van der Waals surface area contributed by atoms with E-state index in [4.69, 9.17) is 9.47 Å². The van der Waals surface area contributed by atoms with E-state index in [1.807, 2.05) is 81.4 Å². The monoisotopic (exact) mass is 334 g/mol. The summed E-state index contributed by atoms with van der Waals surface area (Å²) < 4.78 is 11.0. The molecule has 3 aromatic rings. The third-order valence-electron chi connectivity index (χ3n) is 3.78. The zero-order chi connectivity index (χ0) is 17.9. The first-order valence-corrected chi connectivity index (χ1v) is 8.36. The number of fused-ring (bicyclic) bond motifs is 1. The van der Waals surface area contributed by atoms with Gasteiger partial charge in [0.15, 0.2) is 6.10 Å². The summed E-state index contributed by atoms with van der Waals surface area (Å²) in [6.07, 6.45) is -1.19. The minimum Gasteiger partial charge on any atom is -0.429 e. The van der Waals surface area contributed by atoms with Crippen molar-refractivity contribution >= 4 is 16.9 Å². The predicted octanol–water partition coefficient (Wildman–Crippen LogP) is 5.88. The van der Waals surface area contributed by atoms with E-state index in [0.717, 1.165) is 21.9 Å². The molecule has 0 radical (unpaired) electrons. The highest BCUT2D eigenvalue weighted by Gasteiger charge is 2.24. The summed E-state index contributed by atoms with van der Waals surface area (Å²) in [5, 5.41) is 2.25. The Kier molecular flexibility index (Phi) is 4.75. The lowest BCUT2D eigenvalue weighted by Gasteiger charge is -2.23. The molecule has 3 nitrogen and oxygen atoms in total. The smallest absolute Gasteiger partial charge is 0.429 e. The highest BCUT2D eigenvalue weighted by atomic mass is 16.7. The summed E-state index contributed by atoms with van der Waals surface area (Å²) in [5.41, 5.74) is 1.22. The van der Waals surface area contributed by atoms with E-state index in [1.165, 1.54) is 0 Å². The van der Waals surface area contributed by atoms with E-state index in [-0.39, 0.29) is 0 Å². The van der Waals surface area contributed by atoms with E-state index in [1.54, 1.807) is 0 Å². The normalized spacial score (nSPS) is 12.6. The standard InChI is InChI=1S/C22H22O3/c1-22(2,3)25-21(23)24-20(17-10-5-4-6-11-17)19-14-13-16-9-7-8-12-18(16)15-19/h4-15,20H,1-3H3/t20-/m1/s1. The zero-order valence-electron chi connectivity index (χ0n) is 14.7. The molecular weight excluding hydrogens is 312 g/mol. The Bertz CT molecular complexity index is 863. The number of carbonyl (C=O) groups excluding carboxylic acids is 1. The molecule has 128 valence electrons. The molecule has 0 saturated heterocycles. The maximum atomic E-state index is 12.2. The van der Waals surface area contributed by atoms with Gasteiger partial charge in [-0.15, -0.1) is 0 Å². The van der Waals surface area contributed by atoms with Crippen molar-refractivity contribution in [3.05, 3.63) is 83.9 Å². The molecule has 0 bridgehead atoms. The molecule has 0 aliphatic rings. The van der Waals surface area contributed by atoms with E-state index >= 15 is 0 Å². The molecule has 3 aromatic carbocycles. The van der Waals surface area contributed by atoms with Crippen LogP contribution in [0.4, 0.5) is 4.79 Å². The van der Waals surface area contributed by atoms with Crippen LogP contribution in [-0.4, -0.2) is 11.8 Å². The van der Waals surface area contributed by atoms with Crippen molar-refractivity contribution in [2.45, 2.75) is 32.5 Å². The number of hydrogen-bond acceptors (Lipinski definition) is 3. The fourth-order valence-electron chi connectivity index (χ4n) is 2.70. The zero-order valence-corrected chi connectivity index (χ0v) is 14.7. The van der Waals surface area contributed by atoms with Crippen LogP contribution in [-0.2, 0) is 9.47 Å². The Morgan fingerprint density at radius 2 is 1.44 bits per heavy atom. The highest BCUT2D eigenvalue weighted by Crippen LogP contribution is 2.29. The average Bonchev–Trinajstić information content (AvgIpc) is 2.58. The van der Waals surface area contributed by atoms with Gasteiger partial charge in [-0.25, -0.2) is 4.79 Å². The van der Waals surface area contributed by atoms with Crippen LogP contribution in [0.25, 0.3) is 10.8 Å². The summed E-state index contributed by atoms with van der Waals surface area (Å²) in [6.45, 7) is 5.46. The average molecular weight is 334 g/mol. The van der Waals surface area contributed by atoms with Crippen LogP contribution in [0, 0.1) is 0 Å². The summed E-state index contributed by atoms with van der Waals surface area (Å²) >= 11 is 0. The van der Waals surface area contributed by atoms with Gasteiger partial charge in [-0.3, -0.25) is 0 Å². The Morgan fingerprint density at radius 1 is 0.800 bits per heavy atom. The van der Waals surface area contributed by atoms with Crippen molar-refractivity contribution in [3.63, 3.8) is 0 Å². The first-order valence-electron chi connectivity index (χ1n) is 8.36. The third-order valence-corrected chi connectivity index (χ3v) is 3.78. The molecule has 0 amide bonds. The molecule has 0 spiro atoms. The number of rotatable bonds is 3. The minimum atomic E-state index is -0.672. The molecule has 0 aromatic heterocycles. The summed E-state index contributed by atoms with van der Waals surface area (Å²) in [5.74, 6) is 0. The van der Waals surface area contributed by atoms with Gasteiger partial charge in [0.2, 0.25) is 0 Å². The van der Waals surface area contributed by atoms with E-state index in [2.05, 4.69) is 12.1 Å². The van der Waals surface area contributed by atoms with Gasteiger partial charge in [0.25, 0.3) is 0 Å². The van der Waals surface area contributed by atoms with Crippen molar-refractivity contribution in [1.29, 1.82) is 0 Å². The molecule has 0 aliphatic carbocycles. The second-order valence-corrected chi connectivity index (χ2v) is 6.98. The first kappa shape index (κ1) is 17.0. The van der Waals surface area contributed by atoms with Crippen molar-refractivity contribution in [2.75, 3.05) is 0 Å². The predicted molar refractivity (Wildman–Crippen MR) is 99.6 cm³/mol. The second kappa shape index (κ2) is 6.98. The van der Waals surface area contributed by atoms with Crippen molar-refractivity contribution in [1.82, 2.24) is 0 Å². The second-order valence-electron chi connectivity index (χ2n) is 6.98. The largest absolute Gasteiger partial charge is 0.509 e. The molecule has 0 fully saturated rings. The topological polar surface area (TPSA) is 35.5 Å². The fraction of sp³-hybridized carbons (Fsp3) is 0.227. The molecule has 0 aliphatic heterocycles. The van der Waals surface area contributed by atoms with E-state index in [9.17, 15) is 4.79 Å². The number of benzene rings is 3. The van der Waals surface area contributed by atoms with E-state index in [0.29, 0.717) is 0 Å². The quantitative estimate of drug-likeness (QED) is 0.561. The Hall–Kier alpha value is -2.81. The third kappa shape index (κ3) is 4.38. The van der Waals surface area contributed by atoms with E-state index < -0.39 is 17.9 Å². The van der Waals surface area contributed by atoms with Crippen molar-refractivity contribution < 1.29 is 14.3 Å². The lowest BCUT2D eigenvalue weighted by atomic mass is 9.98. The first-order chi connectivity index (χ1) is 11.9. The summed E-state index contributed by atoms with van der Waals surface area (Å²) in [6, 6.07) is 23.9. The fourth-order valence-corrected chi connectivity index (χ4v) is 2.70. The number of ether oxygens (including phenoxy) is 2. The lowest BCUT2D eigenvalue weighted by Crippen LogP contribution is -2.25. The van der Waals surface area contributed by atoms with Gasteiger partial charge in [-0.1, -0.05) is 66.7 Å². The van der Waals surface area contributed by atoms with Crippen LogP contribution in [0.1, 0.15) is 38.0 Å². The van der Waals surface area contributed by atoms with Crippen LogP contribution in [0.15, 0.2) is 72.8 Å². The van der Waals surface area contributed by atoms with Crippen LogP contribution < -0.4 is 0 Å². The van der Waals surface area contributed by atoms with Crippen LogP contribution in [0.2, 0.25) is 0 Å². The van der Waals surface area contributed by atoms with Gasteiger partial charge in [0, 0.05) is 0 Å². The molecule has 0 N–H and O–H groups in total. The molecule has 0 unspecified atom stereocenters. The maximum absolute atomic E-state index is 12.2. The Balaban J connectivity index is 1.96. The minimum absolute atomic E-state index is 0.513. The number of hydrogen-bond donors (Lipinski definition) is 0. The lowest BCUT2D eigenvalue weighted by molar-refractivity contribution is -0.0201. The summed E-state index contributed by atoms with van der Waals surface area (Å²) in [4.78, 5) is 12.2. The molecule has 3 heteroatoms. The highest BCUT2D eigenvalue weighted by molar-refractivity contribution is 5.83. The van der Waals surface area contributed by atoms with Crippen LogP contribution in [0.5, 0.6) is 0 Å². The molecule has 0 saturated carbocycles. The van der Waals surface area contributed by atoms with Gasteiger partial charge in [-0.2, -0.15) is 0 Å². The maximum Gasteiger partial charge on any atom is 0.509 e. The molecule has 1 atom stereocenters. The molecular formula is C22H22O3. The van der Waals surface area contributed by atoms with Gasteiger partial charge in [0.1, 0.15) is 5.60 Å². The molecule has 3 rings (SSSR count). The van der Waals surface area contributed by atoms with Crippen LogP contribution in [0.3, 0.4) is 0 Å². The van der Waals surface area contributed by atoms with Crippen LogP contribution >= 0.6 is 0 Å². The van der Waals surface area contributed by atoms with Gasteiger partial charge < -0.3 is 9.47 Å².